The van der Waals surface area contributed by atoms with Crippen LogP contribution in [0.5, 0.6) is 0 Å². The summed E-state index contributed by atoms with van der Waals surface area (Å²) in [5.74, 6) is -1.47. The van der Waals surface area contributed by atoms with Gasteiger partial charge in [-0.25, -0.2) is 4.79 Å². The van der Waals surface area contributed by atoms with Gasteiger partial charge in [0.1, 0.15) is 12.1 Å². The Morgan fingerprint density at radius 3 is 2.55 bits per heavy atom. The van der Waals surface area contributed by atoms with E-state index in [1.54, 1.807) is 0 Å². The summed E-state index contributed by atoms with van der Waals surface area (Å²) in [5, 5.41) is 15.1. The summed E-state index contributed by atoms with van der Waals surface area (Å²) in [6.45, 7) is 5.58. The highest BCUT2D eigenvalue weighted by molar-refractivity contribution is 5.91. The highest BCUT2D eigenvalue weighted by Gasteiger charge is 2.40. The van der Waals surface area contributed by atoms with Gasteiger partial charge in [-0.3, -0.25) is 9.59 Å². The van der Waals surface area contributed by atoms with Crippen LogP contribution in [0.3, 0.4) is 0 Å². The molecular formula is C15H25N3O4. The van der Waals surface area contributed by atoms with Crippen LogP contribution in [0.2, 0.25) is 0 Å². The largest absolute Gasteiger partial charge is 0.480 e. The molecule has 0 radical (unpaired) electrons. The first-order chi connectivity index (χ1) is 10.5. The predicted molar refractivity (Wildman–Crippen MR) is 80.1 cm³/mol. The summed E-state index contributed by atoms with van der Waals surface area (Å²) >= 11 is 0. The molecule has 3 atom stereocenters. The smallest absolute Gasteiger partial charge is 0.326 e. The average Bonchev–Trinajstić information content (AvgIpc) is 2.90. The van der Waals surface area contributed by atoms with E-state index in [0.717, 1.165) is 6.42 Å². The van der Waals surface area contributed by atoms with Gasteiger partial charge < -0.3 is 20.6 Å². The van der Waals surface area contributed by atoms with E-state index >= 15 is 0 Å². The Labute approximate surface area is 130 Å². The number of carbonyl (C=O) groups is 3. The summed E-state index contributed by atoms with van der Waals surface area (Å²) in [6.07, 6.45) is 1.91. The maximum Gasteiger partial charge on any atom is 0.326 e. The van der Waals surface area contributed by atoms with Crippen LogP contribution in [0, 0.1) is 11.8 Å². The molecule has 0 saturated carbocycles. The molecule has 2 fully saturated rings. The van der Waals surface area contributed by atoms with Crippen molar-refractivity contribution >= 4 is 17.8 Å². The van der Waals surface area contributed by atoms with E-state index in [9.17, 15) is 19.5 Å². The first-order valence-electron chi connectivity index (χ1n) is 8.00. The molecule has 2 amide bonds. The number of carboxylic acid groups (broad SMARTS) is 1. The Morgan fingerprint density at radius 1 is 1.36 bits per heavy atom. The van der Waals surface area contributed by atoms with Crippen molar-refractivity contribution in [1.29, 1.82) is 0 Å². The average molecular weight is 311 g/mol. The Hall–Kier alpha value is -1.63. The van der Waals surface area contributed by atoms with Gasteiger partial charge in [-0.2, -0.15) is 0 Å². The molecule has 0 unspecified atom stereocenters. The maximum atomic E-state index is 12.8. The topological polar surface area (TPSA) is 98.7 Å². The highest BCUT2D eigenvalue weighted by Crippen LogP contribution is 2.21. The molecule has 0 aromatic carbocycles. The predicted octanol–water partition coefficient (Wildman–Crippen LogP) is -0.188. The molecular weight excluding hydrogens is 286 g/mol. The number of carboxylic acids is 1. The summed E-state index contributed by atoms with van der Waals surface area (Å²) in [4.78, 5) is 37.6. The zero-order valence-electron chi connectivity index (χ0n) is 13.2. The minimum Gasteiger partial charge on any atom is -0.480 e. The van der Waals surface area contributed by atoms with E-state index in [1.807, 2.05) is 13.8 Å². The van der Waals surface area contributed by atoms with Crippen molar-refractivity contribution in [2.75, 3.05) is 19.6 Å². The van der Waals surface area contributed by atoms with Gasteiger partial charge in [0.2, 0.25) is 11.8 Å². The molecule has 0 aromatic heterocycles. The van der Waals surface area contributed by atoms with E-state index in [0.29, 0.717) is 32.5 Å². The number of likely N-dealkylation sites (tertiary alicyclic amines) is 1. The third-order valence-corrected chi connectivity index (χ3v) is 4.75. The van der Waals surface area contributed by atoms with Gasteiger partial charge in [0, 0.05) is 19.6 Å². The van der Waals surface area contributed by atoms with Gasteiger partial charge >= 0.3 is 5.97 Å². The number of aliphatic carboxylic acids is 1. The molecule has 2 saturated heterocycles. The zero-order chi connectivity index (χ0) is 16.3. The Kier molecular flexibility index (Phi) is 5.39. The molecule has 7 nitrogen and oxygen atoms in total. The molecule has 2 rings (SSSR count). The number of nitrogens with one attached hydrogen (secondary N) is 2. The Morgan fingerprint density at radius 2 is 2.05 bits per heavy atom. The fraction of sp³-hybridized carbons (Fsp3) is 0.800. The van der Waals surface area contributed by atoms with Crippen LogP contribution in [-0.2, 0) is 14.4 Å². The Bertz CT molecular complexity index is 450. The number of nitrogens with zero attached hydrogens (tertiary/aromatic N) is 1. The lowest BCUT2D eigenvalue weighted by atomic mass is 9.95. The molecule has 2 heterocycles. The highest BCUT2D eigenvalue weighted by atomic mass is 16.4. The minimum absolute atomic E-state index is 0.0282. The van der Waals surface area contributed by atoms with E-state index < -0.39 is 18.1 Å². The molecule has 124 valence electrons. The lowest BCUT2D eigenvalue weighted by Crippen LogP contribution is -2.58. The standard InChI is InChI=1S/C15H25N3O4/c1-3-9(2)12(17-13(19)10-7-16-8-10)14(20)18-6-4-5-11(18)15(21)22/h9-12,16H,3-8H2,1-2H3,(H,17,19)(H,21,22)/t9-,11-,12-/m0/s1. The first kappa shape index (κ1) is 16.7. The lowest BCUT2D eigenvalue weighted by Gasteiger charge is -2.33. The SMILES string of the molecule is CC[C@H](C)[C@H](NC(=O)C1CNC1)C(=O)N1CCC[C@H]1C(=O)O. The number of rotatable bonds is 6. The van der Waals surface area contributed by atoms with Crippen molar-refractivity contribution in [2.24, 2.45) is 11.8 Å². The van der Waals surface area contributed by atoms with Gasteiger partial charge in [-0.1, -0.05) is 20.3 Å². The van der Waals surface area contributed by atoms with Gasteiger partial charge in [-0.05, 0) is 18.8 Å². The molecule has 7 heteroatoms. The third-order valence-electron chi connectivity index (χ3n) is 4.75. The minimum atomic E-state index is -0.969. The van der Waals surface area contributed by atoms with Gasteiger partial charge in [0.05, 0.1) is 5.92 Å². The normalized spacial score (nSPS) is 24.5. The molecule has 22 heavy (non-hydrogen) atoms. The van der Waals surface area contributed by atoms with Gasteiger partial charge in [0.25, 0.3) is 0 Å². The molecule has 3 N–H and O–H groups in total. The quantitative estimate of drug-likeness (QED) is 0.631. The van der Waals surface area contributed by atoms with Crippen LogP contribution in [0.4, 0.5) is 0 Å². The molecule has 2 aliphatic rings. The van der Waals surface area contributed by atoms with Crippen LogP contribution in [0.15, 0.2) is 0 Å². The van der Waals surface area contributed by atoms with Crippen molar-refractivity contribution in [3.05, 3.63) is 0 Å². The van der Waals surface area contributed by atoms with E-state index in [-0.39, 0.29) is 23.7 Å². The summed E-state index contributed by atoms with van der Waals surface area (Å²) < 4.78 is 0. The van der Waals surface area contributed by atoms with Crippen LogP contribution in [0.1, 0.15) is 33.1 Å². The maximum absolute atomic E-state index is 12.8. The van der Waals surface area contributed by atoms with Crippen molar-refractivity contribution in [3.8, 4) is 0 Å². The first-order valence-corrected chi connectivity index (χ1v) is 8.00. The van der Waals surface area contributed by atoms with Gasteiger partial charge in [-0.15, -0.1) is 0 Å². The second-order valence-corrected chi connectivity index (χ2v) is 6.25. The van der Waals surface area contributed by atoms with Crippen molar-refractivity contribution in [3.63, 3.8) is 0 Å². The van der Waals surface area contributed by atoms with Crippen LogP contribution in [0.25, 0.3) is 0 Å². The lowest BCUT2D eigenvalue weighted by molar-refractivity contribution is -0.150. The molecule has 0 aromatic rings. The summed E-state index contributed by atoms with van der Waals surface area (Å²) in [6, 6.07) is -1.40. The van der Waals surface area contributed by atoms with Crippen molar-refractivity contribution < 1.29 is 19.5 Å². The zero-order valence-corrected chi connectivity index (χ0v) is 13.2. The fourth-order valence-electron chi connectivity index (χ4n) is 2.89. The van der Waals surface area contributed by atoms with Crippen LogP contribution < -0.4 is 10.6 Å². The van der Waals surface area contributed by atoms with E-state index in [2.05, 4.69) is 10.6 Å². The number of hydrogen-bond donors (Lipinski definition) is 3. The van der Waals surface area contributed by atoms with Crippen molar-refractivity contribution in [2.45, 2.75) is 45.2 Å². The molecule has 2 aliphatic heterocycles. The number of carbonyl (C=O) groups excluding carboxylic acids is 2. The van der Waals surface area contributed by atoms with Crippen molar-refractivity contribution in [1.82, 2.24) is 15.5 Å². The number of amides is 2. The third kappa shape index (κ3) is 3.40. The monoisotopic (exact) mass is 311 g/mol. The summed E-state index contributed by atoms with van der Waals surface area (Å²) in [5.41, 5.74) is 0. The summed E-state index contributed by atoms with van der Waals surface area (Å²) in [7, 11) is 0. The van der Waals surface area contributed by atoms with E-state index in [4.69, 9.17) is 0 Å². The second-order valence-electron chi connectivity index (χ2n) is 6.25. The van der Waals surface area contributed by atoms with Crippen LogP contribution in [-0.4, -0.2) is 59.5 Å². The number of hydrogen-bond acceptors (Lipinski definition) is 4. The fourth-order valence-corrected chi connectivity index (χ4v) is 2.89. The van der Waals surface area contributed by atoms with Crippen LogP contribution >= 0.6 is 0 Å². The second kappa shape index (κ2) is 7.09. The Balaban J connectivity index is 2.08. The molecule has 0 aliphatic carbocycles. The molecule has 0 bridgehead atoms. The van der Waals surface area contributed by atoms with Gasteiger partial charge in [0.15, 0.2) is 0 Å². The van der Waals surface area contributed by atoms with E-state index in [1.165, 1.54) is 4.90 Å². The molecule has 0 spiro atoms.